The Morgan fingerprint density at radius 1 is 1.25 bits per heavy atom. The maximum atomic E-state index is 4.97. The van der Waals surface area contributed by atoms with Gasteiger partial charge in [0.25, 0.3) is 0 Å². The zero-order valence-electron chi connectivity index (χ0n) is 13.2. The number of thiophene rings is 1. The third-order valence-electron chi connectivity index (χ3n) is 4.69. The molecule has 0 saturated heterocycles. The third kappa shape index (κ3) is 2.46. The highest BCUT2D eigenvalue weighted by Gasteiger charge is 2.20. The van der Waals surface area contributed by atoms with Crippen LogP contribution >= 0.6 is 11.3 Å². The summed E-state index contributed by atoms with van der Waals surface area (Å²) in [5, 5.41) is 5.09. The van der Waals surface area contributed by atoms with Gasteiger partial charge in [-0.25, -0.2) is 0 Å². The largest absolute Gasteiger partial charge is 0.364 e. The van der Waals surface area contributed by atoms with Gasteiger partial charge in [0, 0.05) is 41.1 Å². The van der Waals surface area contributed by atoms with Crippen molar-refractivity contribution >= 4 is 22.2 Å². The normalized spacial score (nSPS) is 15.0. The lowest BCUT2D eigenvalue weighted by Gasteiger charge is -2.26. The Balaban J connectivity index is 1.36. The van der Waals surface area contributed by atoms with Crippen molar-refractivity contribution in [3.8, 4) is 10.4 Å². The molecule has 1 N–H and O–H groups in total. The molecule has 5 heteroatoms. The maximum absolute atomic E-state index is 4.97. The Hall–Kier alpha value is -2.37. The molecule has 0 aliphatic carbocycles. The molecular formula is C19H17N3OS. The van der Waals surface area contributed by atoms with E-state index >= 15 is 0 Å². The number of rotatable bonds is 3. The SMILES string of the molecule is c1cc2ccc(CN3CCc4sc(-c5cnoc5)cc4C3)cc2[nH]1. The minimum absolute atomic E-state index is 0.993. The summed E-state index contributed by atoms with van der Waals surface area (Å²) in [6.07, 6.45) is 6.64. The third-order valence-corrected chi connectivity index (χ3v) is 5.97. The fraction of sp³-hybridized carbons (Fsp3) is 0.211. The summed E-state index contributed by atoms with van der Waals surface area (Å²) < 4.78 is 4.97. The first-order valence-electron chi connectivity index (χ1n) is 8.15. The summed E-state index contributed by atoms with van der Waals surface area (Å²) in [6.45, 7) is 3.12. The molecule has 0 saturated carbocycles. The average molecular weight is 335 g/mol. The van der Waals surface area contributed by atoms with Gasteiger partial charge in [-0.05, 0) is 41.1 Å². The molecule has 3 aromatic heterocycles. The molecule has 24 heavy (non-hydrogen) atoms. The Morgan fingerprint density at radius 3 is 3.17 bits per heavy atom. The lowest BCUT2D eigenvalue weighted by molar-refractivity contribution is 0.247. The summed E-state index contributed by atoms with van der Waals surface area (Å²) in [7, 11) is 0. The Labute approximate surface area is 143 Å². The fourth-order valence-electron chi connectivity index (χ4n) is 3.45. The minimum atomic E-state index is 0.993. The van der Waals surface area contributed by atoms with Gasteiger partial charge >= 0.3 is 0 Å². The zero-order valence-corrected chi connectivity index (χ0v) is 14.0. The first-order valence-corrected chi connectivity index (χ1v) is 8.96. The second-order valence-electron chi connectivity index (χ2n) is 6.33. The van der Waals surface area contributed by atoms with Gasteiger partial charge in [0.2, 0.25) is 0 Å². The molecule has 0 fully saturated rings. The van der Waals surface area contributed by atoms with Crippen molar-refractivity contribution in [2.24, 2.45) is 0 Å². The van der Waals surface area contributed by atoms with Crippen LogP contribution in [0.5, 0.6) is 0 Å². The number of H-pyrrole nitrogens is 1. The van der Waals surface area contributed by atoms with E-state index in [1.165, 1.54) is 31.8 Å². The molecule has 5 rings (SSSR count). The van der Waals surface area contributed by atoms with Gasteiger partial charge in [-0.3, -0.25) is 4.90 Å². The van der Waals surface area contributed by atoms with Crippen LogP contribution in [0.2, 0.25) is 0 Å². The van der Waals surface area contributed by atoms with E-state index in [4.69, 9.17) is 4.52 Å². The molecule has 0 bridgehead atoms. The molecular weight excluding hydrogens is 318 g/mol. The van der Waals surface area contributed by atoms with Crippen LogP contribution in [0.25, 0.3) is 21.3 Å². The lowest BCUT2D eigenvalue weighted by Crippen LogP contribution is -2.29. The minimum Gasteiger partial charge on any atom is -0.364 e. The Kier molecular flexibility index (Phi) is 3.28. The summed E-state index contributed by atoms with van der Waals surface area (Å²) in [5.41, 5.74) is 5.11. The predicted molar refractivity (Wildman–Crippen MR) is 95.9 cm³/mol. The number of nitrogens with one attached hydrogen (secondary N) is 1. The van der Waals surface area contributed by atoms with Crippen LogP contribution < -0.4 is 0 Å². The summed E-state index contributed by atoms with van der Waals surface area (Å²) >= 11 is 1.87. The highest BCUT2D eigenvalue weighted by molar-refractivity contribution is 7.15. The van der Waals surface area contributed by atoms with E-state index in [0.717, 1.165) is 31.6 Å². The van der Waals surface area contributed by atoms with Crippen molar-refractivity contribution in [3.05, 3.63) is 65.0 Å². The smallest absolute Gasteiger partial charge is 0.132 e. The number of benzene rings is 1. The Morgan fingerprint density at radius 2 is 2.25 bits per heavy atom. The summed E-state index contributed by atoms with van der Waals surface area (Å²) in [5.74, 6) is 0. The monoisotopic (exact) mass is 335 g/mol. The average Bonchev–Trinajstić information content (AvgIpc) is 3.33. The van der Waals surface area contributed by atoms with E-state index in [-0.39, 0.29) is 0 Å². The van der Waals surface area contributed by atoms with Gasteiger partial charge in [-0.15, -0.1) is 11.3 Å². The lowest BCUT2D eigenvalue weighted by atomic mass is 10.1. The van der Waals surface area contributed by atoms with Gasteiger partial charge in [0.15, 0.2) is 0 Å². The number of nitrogens with zero attached hydrogens (tertiary/aromatic N) is 2. The van der Waals surface area contributed by atoms with E-state index in [9.17, 15) is 0 Å². The van der Waals surface area contributed by atoms with Crippen LogP contribution in [0, 0.1) is 0 Å². The van der Waals surface area contributed by atoms with Crippen molar-refractivity contribution in [2.75, 3.05) is 6.54 Å². The van der Waals surface area contributed by atoms with E-state index in [1.54, 1.807) is 12.5 Å². The molecule has 1 aliphatic rings. The van der Waals surface area contributed by atoms with E-state index in [0.29, 0.717) is 0 Å². The van der Waals surface area contributed by atoms with Crippen LogP contribution in [0.15, 0.2) is 53.5 Å². The first kappa shape index (κ1) is 14.0. The molecule has 4 nitrogen and oxygen atoms in total. The van der Waals surface area contributed by atoms with Gasteiger partial charge < -0.3 is 9.51 Å². The quantitative estimate of drug-likeness (QED) is 0.602. The van der Waals surface area contributed by atoms with Gasteiger partial charge in [0.05, 0.1) is 11.8 Å². The number of aromatic nitrogens is 2. The molecule has 1 aromatic carbocycles. The van der Waals surface area contributed by atoms with Crippen molar-refractivity contribution < 1.29 is 4.52 Å². The van der Waals surface area contributed by atoms with E-state index in [2.05, 4.69) is 45.4 Å². The van der Waals surface area contributed by atoms with E-state index in [1.807, 2.05) is 17.5 Å². The predicted octanol–water partition coefficient (Wildman–Crippen LogP) is 4.44. The van der Waals surface area contributed by atoms with Crippen LogP contribution in [0.1, 0.15) is 16.0 Å². The fourth-order valence-corrected chi connectivity index (χ4v) is 4.58. The topological polar surface area (TPSA) is 45.1 Å². The summed E-state index contributed by atoms with van der Waals surface area (Å²) in [6, 6.07) is 11.1. The standard InChI is InChI=1S/C19H17N3OS/c1-2-14-3-5-20-17(14)7-13(1)10-22-6-4-18-15(11-22)8-19(24-18)16-9-21-23-12-16/h1-3,5,7-9,12,20H,4,6,10-11H2. The highest BCUT2D eigenvalue weighted by Crippen LogP contribution is 2.35. The second kappa shape index (κ2) is 5.61. The van der Waals surface area contributed by atoms with Crippen molar-refractivity contribution in [1.82, 2.24) is 15.0 Å². The molecule has 0 radical (unpaired) electrons. The number of aromatic amines is 1. The Bertz CT molecular complexity index is 983. The van der Waals surface area contributed by atoms with Crippen LogP contribution in [-0.2, 0) is 19.5 Å². The maximum Gasteiger partial charge on any atom is 0.132 e. The van der Waals surface area contributed by atoms with Crippen molar-refractivity contribution in [1.29, 1.82) is 0 Å². The molecule has 0 amide bonds. The van der Waals surface area contributed by atoms with Crippen molar-refractivity contribution in [2.45, 2.75) is 19.5 Å². The van der Waals surface area contributed by atoms with Crippen LogP contribution in [0.4, 0.5) is 0 Å². The molecule has 1 aliphatic heterocycles. The zero-order chi connectivity index (χ0) is 15.9. The summed E-state index contributed by atoms with van der Waals surface area (Å²) in [4.78, 5) is 8.59. The molecule has 0 atom stereocenters. The molecule has 0 spiro atoms. The van der Waals surface area contributed by atoms with Crippen LogP contribution in [0.3, 0.4) is 0 Å². The molecule has 4 heterocycles. The van der Waals surface area contributed by atoms with Crippen LogP contribution in [-0.4, -0.2) is 21.6 Å². The van der Waals surface area contributed by atoms with E-state index < -0.39 is 0 Å². The second-order valence-corrected chi connectivity index (χ2v) is 7.47. The molecule has 4 aromatic rings. The first-order chi connectivity index (χ1) is 11.8. The van der Waals surface area contributed by atoms with Gasteiger partial charge in [-0.1, -0.05) is 17.3 Å². The number of hydrogen-bond donors (Lipinski definition) is 1. The number of hydrogen-bond acceptors (Lipinski definition) is 4. The number of fused-ring (bicyclic) bond motifs is 2. The van der Waals surface area contributed by atoms with Gasteiger partial charge in [0.1, 0.15) is 6.26 Å². The highest BCUT2D eigenvalue weighted by atomic mass is 32.1. The van der Waals surface area contributed by atoms with Gasteiger partial charge in [-0.2, -0.15) is 0 Å². The van der Waals surface area contributed by atoms with Crippen molar-refractivity contribution in [3.63, 3.8) is 0 Å². The molecule has 120 valence electrons. The molecule has 0 unspecified atom stereocenters.